The molecule has 1 saturated heterocycles. The number of fused-ring (bicyclic) bond motifs is 1. The molecule has 20 heavy (non-hydrogen) atoms. The monoisotopic (exact) mass is 270 g/mol. The molecular formula is C16H22N4. The minimum absolute atomic E-state index is 0.629. The molecule has 106 valence electrons. The molecule has 2 N–H and O–H groups in total. The Morgan fingerprint density at radius 2 is 2.25 bits per heavy atom. The highest BCUT2D eigenvalue weighted by Crippen LogP contribution is 2.30. The van der Waals surface area contributed by atoms with E-state index in [0.29, 0.717) is 6.04 Å². The van der Waals surface area contributed by atoms with E-state index in [0.717, 1.165) is 28.8 Å². The molecule has 1 fully saturated rings. The Hall–Kier alpha value is -1.81. The van der Waals surface area contributed by atoms with E-state index in [-0.39, 0.29) is 0 Å². The van der Waals surface area contributed by atoms with E-state index in [1.165, 1.54) is 19.4 Å². The van der Waals surface area contributed by atoms with E-state index < -0.39 is 0 Å². The average molecular weight is 270 g/mol. The number of nitrogen functional groups attached to an aromatic ring is 1. The first-order chi connectivity index (χ1) is 9.66. The van der Waals surface area contributed by atoms with E-state index in [1.807, 2.05) is 12.1 Å². The summed E-state index contributed by atoms with van der Waals surface area (Å²) in [6, 6.07) is 8.74. The lowest BCUT2D eigenvalue weighted by Crippen LogP contribution is -2.36. The topological polar surface area (TPSA) is 45.4 Å². The molecule has 0 saturated carbocycles. The Morgan fingerprint density at radius 3 is 3.00 bits per heavy atom. The summed E-state index contributed by atoms with van der Waals surface area (Å²) in [7, 11) is 4.33. The Morgan fingerprint density at radius 1 is 1.40 bits per heavy atom. The van der Waals surface area contributed by atoms with E-state index in [4.69, 9.17) is 5.73 Å². The van der Waals surface area contributed by atoms with Crippen LogP contribution in [0.2, 0.25) is 0 Å². The fourth-order valence-corrected chi connectivity index (χ4v) is 3.12. The van der Waals surface area contributed by atoms with Crippen LogP contribution in [0.4, 0.5) is 11.4 Å². The van der Waals surface area contributed by atoms with Crippen LogP contribution in [0, 0.1) is 0 Å². The van der Waals surface area contributed by atoms with Gasteiger partial charge in [0.1, 0.15) is 0 Å². The van der Waals surface area contributed by atoms with Crippen molar-refractivity contribution < 1.29 is 0 Å². The highest BCUT2D eigenvalue weighted by molar-refractivity contribution is 5.97. The molecule has 1 aromatic heterocycles. The minimum atomic E-state index is 0.629. The molecule has 0 spiro atoms. The maximum absolute atomic E-state index is 6.33. The molecule has 1 unspecified atom stereocenters. The molecule has 0 aliphatic carbocycles. The number of hydrogen-bond acceptors (Lipinski definition) is 4. The molecule has 1 atom stereocenters. The molecule has 0 radical (unpaired) electrons. The van der Waals surface area contributed by atoms with Crippen LogP contribution in [-0.2, 0) is 0 Å². The first kappa shape index (κ1) is 13.2. The predicted molar refractivity (Wildman–Crippen MR) is 85.1 cm³/mol. The van der Waals surface area contributed by atoms with E-state index >= 15 is 0 Å². The lowest BCUT2D eigenvalue weighted by atomic mass is 10.1. The zero-order valence-corrected chi connectivity index (χ0v) is 12.2. The first-order valence-electron chi connectivity index (χ1n) is 7.21. The van der Waals surface area contributed by atoms with Gasteiger partial charge < -0.3 is 15.5 Å². The lowest BCUT2D eigenvalue weighted by molar-refractivity contribution is 0.314. The molecule has 1 aliphatic rings. The van der Waals surface area contributed by atoms with Gasteiger partial charge in [0.2, 0.25) is 0 Å². The van der Waals surface area contributed by atoms with Gasteiger partial charge in [-0.1, -0.05) is 0 Å². The van der Waals surface area contributed by atoms with Crippen molar-refractivity contribution in [1.82, 2.24) is 9.88 Å². The average Bonchev–Trinajstić information content (AvgIpc) is 2.85. The zero-order valence-electron chi connectivity index (χ0n) is 12.2. The van der Waals surface area contributed by atoms with Gasteiger partial charge in [-0.3, -0.25) is 4.98 Å². The van der Waals surface area contributed by atoms with Crippen LogP contribution in [0.15, 0.2) is 30.5 Å². The van der Waals surface area contributed by atoms with Gasteiger partial charge in [-0.2, -0.15) is 0 Å². The number of aromatic nitrogens is 1. The Bertz CT molecular complexity index is 610. The normalized spacial score (nSPS) is 19.6. The molecule has 4 heteroatoms. The van der Waals surface area contributed by atoms with Gasteiger partial charge in [-0.05, 0) is 50.7 Å². The number of likely N-dealkylation sites (N-methyl/N-ethyl adjacent to an activating group) is 2. The molecule has 2 heterocycles. The number of hydrogen-bond donors (Lipinski definition) is 1. The van der Waals surface area contributed by atoms with E-state index in [1.54, 1.807) is 6.20 Å². The summed E-state index contributed by atoms with van der Waals surface area (Å²) in [6.07, 6.45) is 4.38. The Balaban J connectivity index is 1.87. The second kappa shape index (κ2) is 5.29. The summed E-state index contributed by atoms with van der Waals surface area (Å²) in [5.74, 6) is 0. The van der Waals surface area contributed by atoms with Gasteiger partial charge in [0, 0.05) is 31.2 Å². The van der Waals surface area contributed by atoms with Crippen molar-refractivity contribution in [2.45, 2.75) is 18.9 Å². The smallest absolute Gasteiger partial charge is 0.0724 e. The van der Waals surface area contributed by atoms with Crippen LogP contribution < -0.4 is 10.6 Å². The summed E-state index contributed by atoms with van der Waals surface area (Å²) in [6.45, 7) is 2.22. The number of nitrogens with two attached hydrogens (primary N) is 1. The molecule has 3 rings (SSSR count). The van der Waals surface area contributed by atoms with E-state index in [2.05, 4.69) is 41.0 Å². The van der Waals surface area contributed by atoms with Crippen LogP contribution in [-0.4, -0.2) is 43.1 Å². The molecule has 0 bridgehead atoms. The lowest BCUT2D eigenvalue weighted by Gasteiger charge is -2.28. The van der Waals surface area contributed by atoms with Crippen molar-refractivity contribution in [3.63, 3.8) is 0 Å². The summed E-state index contributed by atoms with van der Waals surface area (Å²) in [5, 5.41) is 1.04. The molecule has 2 aromatic rings. The molecule has 0 amide bonds. The van der Waals surface area contributed by atoms with Crippen molar-refractivity contribution in [2.75, 3.05) is 37.8 Å². The molecule has 1 aliphatic heterocycles. The van der Waals surface area contributed by atoms with Crippen LogP contribution in [0.3, 0.4) is 0 Å². The highest BCUT2D eigenvalue weighted by atomic mass is 15.2. The molecule has 4 nitrogen and oxygen atoms in total. The largest absolute Gasteiger partial charge is 0.396 e. The Labute approximate surface area is 120 Å². The van der Waals surface area contributed by atoms with Crippen molar-refractivity contribution in [3.05, 3.63) is 30.5 Å². The number of likely N-dealkylation sites (tertiary alicyclic amines) is 1. The third-order valence-corrected chi connectivity index (χ3v) is 4.37. The van der Waals surface area contributed by atoms with Crippen molar-refractivity contribution in [2.24, 2.45) is 0 Å². The number of pyridine rings is 1. The summed E-state index contributed by atoms with van der Waals surface area (Å²) in [4.78, 5) is 9.06. The van der Waals surface area contributed by atoms with E-state index in [9.17, 15) is 0 Å². The van der Waals surface area contributed by atoms with Crippen LogP contribution in [0.5, 0.6) is 0 Å². The second-order valence-electron chi connectivity index (χ2n) is 5.73. The summed E-state index contributed by atoms with van der Waals surface area (Å²) in [5.41, 5.74) is 9.23. The fourth-order valence-electron chi connectivity index (χ4n) is 3.12. The van der Waals surface area contributed by atoms with Crippen LogP contribution >= 0.6 is 0 Å². The zero-order chi connectivity index (χ0) is 14.1. The summed E-state index contributed by atoms with van der Waals surface area (Å²) < 4.78 is 0. The van der Waals surface area contributed by atoms with Gasteiger partial charge >= 0.3 is 0 Å². The van der Waals surface area contributed by atoms with Gasteiger partial charge in [0.25, 0.3) is 0 Å². The minimum Gasteiger partial charge on any atom is -0.396 e. The van der Waals surface area contributed by atoms with Crippen molar-refractivity contribution >= 4 is 22.3 Å². The van der Waals surface area contributed by atoms with Gasteiger partial charge in [-0.15, -0.1) is 0 Å². The highest BCUT2D eigenvalue weighted by Gasteiger charge is 2.23. The third kappa shape index (κ3) is 2.31. The van der Waals surface area contributed by atoms with Crippen LogP contribution in [0.25, 0.3) is 10.9 Å². The number of benzene rings is 1. The number of anilines is 2. The number of nitrogens with zero attached hydrogens (tertiary/aromatic N) is 3. The standard InChI is InChI=1S/C16H22N4/c1-19-10-4-5-12(19)11-20(2)15-8-7-14-13(16(15)17)6-3-9-18-14/h3,6-9,12H,4-5,10-11,17H2,1-2H3. The number of rotatable bonds is 3. The summed E-state index contributed by atoms with van der Waals surface area (Å²) >= 11 is 0. The van der Waals surface area contributed by atoms with Crippen LogP contribution in [0.1, 0.15) is 12.8 Å². The fraction of sp³-hybridized carbons (Fsp3) is 0.438. The maximum atomic E-state index is 6.33. The molecule has 1 aromatic carbocycles. The van der Waals surface area contributed by atoms with Gasteiger partial charge in [0.05, 0.1) is 16.9 Å². The van der Waals surface area contributed by atoms with Crippen molar-refractivity contribution in [1.29, 1.82) is 0 Å². The second-order valence-corrected chi connectivity index (χ2v) is 5.73. The molecular weight excluding hydrogens is 248 g/mol. The quantitative estimate of drug-likeness (QED) is 0.870. The SMILES string of the molecule is CN(CC1CCCN1C)c1ccc2ncccc2c1N. The van der Waals surface area contributed by atoms with Gasteiger partial charge in [0.15, 0.2) is 0 Å². The van der Waals surface area contributed by atoms with Gasteiger partial charge in [-0.25, -0.2) is 0 Å². The maximum Gasteiger partial charge on any atom is 0.0724 e. The predicted octanol–water partition coefficient (Wildman–Crippen LogP) is 2.35. The first-order valence-corrected chi connectivity index (χ1v) is 7.21. The van der Waals surface area contributed by atoms with Crippen molar-refractivity contribution in [3.8, 4) is 0 Å². The Kier molecular flexibility index (Phi) is 3.49. The third-order valence-electron chi connectivity index (χ3n) is 4.37.